The Morgan fingerprint density at radius 2 is 1.95 bits per heavy atom. The average Bonchev–Trinajstić information content (AvgIpc) is 2.51. The SMILES string of the molecule is CCCCSc1ccc(Nc2ccc(N)cc2)c([N+](=O)[O-])c1. The molecule has 0 amide bonds. The Balaban J connectivity index is 2.19. The van der Waals surface area contributed by atoms with Crippen molar-refractivity contribution in [3.63, 3.8) is 0 Å². The van der Waals surface area contributed by atoms with Gasteiger partial charge in [0.1, 0.15) is 5.69 Å². The van der Waals surface area contributed by atoms with E-state index in [1.165, 1.54) is 0 Å². The molecule has 116 valence electrons. The van der Waals surface area contributed by atoms with Crippen molar-refractivity contribution in [2.75, 3.05) is 16.8 Å². The van der Waals surface area contributed by atoms with Gasteiger partial charge in [-0.05, 0) is 48.6 Å². The number of rotatable bonds is 7. The van der Waals surface area contributed by atoms with Crippen LogP contribution in [0.1, 0.15) is 19.8 Å². The molecule has 0 aliphatic heterocycles. The van der Waals surface area contributed by atoms with Crippen molar-refractivity contribution in [2.45, 2.75) is 24.7 Å². The van der Waals surface area contributed by atoms with Crippen molar-refractivity contribution in [2.24, 2.45) is 0 Å². The predicted molar refractivity (Wildman–Crippen MR) is 92.9 cm³/mol. The minimum atomic E-state index is -0.358. The van der Waals surface area contributed by atoms with Crippen LogP contribution in [0.25, 0.3) is 0 Å². The highest BCUT2D eigenvalue weighted by Crippen LogP contribution is 2.32. The smallest absolute Gasteiger partial charge is 0.293 e. The van der Waals surface area contributed by atoms with Gasteiger partial charge in [-0.15, -0.1) is 11.8 Å². The topological polar surface area (TPSA) is 81.2 Å². The van der Waals surface area contributed by atoms with Gasteiger partial charge in [-0.3, -0.25) is 10.1 Å². The molecule has 0 aromatic heterocycles. The van der Waals surface area contributed by atoms with Crippen LogP contribution in [-0.2, 0) is 0 Å². The maximum atomic E-state index is 11.3. The van der Waals surface area contributed by atoms with Crippen LogP contribution >= 0.6 is 11.8 Å². The van der Waals surface area contributed by atoms with Crippen LogP contribution in [0.5, 0.6) is 0 Å². The van der Waals surface area contributed by atoms with E-state index in [4.69, 9.17) is 5.73 Å². The van der Waals surface area contributed by atoms with Crippen LogP contribution < -0.4 is 11.1 Å². The number of nitrogen functional groups attached to an aromatic ring is 1. The Morgan fingerprint density at radius 1 is 1.23 bits per heavy atom. The quantitative estimate of drug-likeness (QED) is 0.252. The Hall–Kier alpha value is -2.21. The lowest BCUT2D eigenvalue weighted by molar-refractivity contribution is -0.384. The molecule has 0 radical (unpaired) electrons. The number of hydrogen-bond donors (Lipinski definition) is 2. The fourth-order valence-electron chi connectivity index (χ4n) is 1.91. The summed E-state index contributed by atoms with van der Waals surface area (Å²) < 4.78 is 0. The zero-order valence-corrected chi connectivity index (χ0v) is 13.2. The van der Waals surface area contributed by atoms with E-state index in [9.17, 15) is 10.1 Å². The number of hydrogen-bond acceptors (Lipinski definition) is 5. The third-order valence-electron chi connectivity index (χ3n) is 3.12. The molecular formula is C16H19N3O2S. The van der Waals surface area contributed by atoms with Gasteiger partial charge >= 0.3 is 0 Å². The first-order chi connectivity index (χ1) is 10.6. The number of unbranched alkanes of at least 4 members (excludes halogenated alkanes) is 1. The molecule has 2 aromatic rings. The number of nitrogens with one attached hydrogen (secondary N) is 1. The maximum absolute atomic E-state index is 11.3. The molecule has 0 aliphatic rings. The van der Waals surface area contributed by atoms with Crippen LogP contribution in [0.15, 0.2) is 47.4 Å². The molecule has 0 aliphatic carbocycles. The van der Waals surface area contributed by atoms with Gasteiger partial charge in [0.2, 0.25) is 0 Å². The molecular weight excluding hydrogens is 298 g/mol. The minimum absolute atomic E-state index is 0.0818. The summed E-state index contributed by atoms with van der Waals surface area (Å²) in [6, 6.07) is 12.4. The lowest BCUT2D eigenvalue weighted by atomic mass is 10.2. The van der Waals surface area contributed by atoms with E-state index in [0.29, 0.717) is 11.4 Å². The van der Waals surface area contributed by atoms with Gasteiger partial charge in [0.15, 0.2) is 0 Å². The number of anilines is 3. The van der Waals surface area contributed by atoms with Crippen molar-refractivity contribution < 1.29 is 4.92 Å². The minimum Gasteiger partial charge on any atom is -0.399 e. The lowest BCUT2D eigenvalue weighted by Crippen LogP contribution is -1.97. The first-order valence-corrected chi connectivity index (χ1v) is 8.12. The summed E-state index contributed by atoms with van der Waals surface area (Å²) in [5.41, 5.74) is 7.62. The third kappa shape index (κ3) is 4.39. The van der Waals surface area contributed by atoms with Crippen molar-refractivity contribution in [1.82, 2.24) is 0 Å². The van der Waals surface area contributed by atoms with Gasteiger partial charge in [-0.25, -0.2) is 0 Å². The predicted octanol–water partition coefficient (Wildman–Crippen LogP) is 4.81. The van der Waals surface area contributed by atoms with E-state index >= 15 is 0 Å². The van der Waals surface area contributed by atoms with Crippen molar-refractivity contribution in [3.8, 4) is 0 Å². The van der Waals surface area contributed by atoms with E-state index in [2.05, 4.69) is 12.2 Å². The van der Waals surface area contributed by atoms with Crippen molar-refractivity contribution in [3.05, 3.63) is 52.6 Å². The maximum Gasteiger partial charge on any atom is 0.293 e. The second kappa shape index (κ2) is 7.70. The second-order valence-electron chi connectivity index (χ2n) is 4.89. The number of benzene rings is 2. The molecule has 0 bridgehead atoms. The summed E-state index contributed by atoms with van der Waals surface area (Å²) in [5, 5.41) is 14.4. The summed E-state index contributed by atoms with van der Waals surface area (Å²) in [6.07, 6.45) is 2.22. The molecule has 3 N–H and O–H groups in total. The number of thioether (sulfide) groups is 1. The Kier molecular flexibility index (Phi) is 5.66. The van der Waals surface area contributed by atoms with Crippen LogP contribution in [0.4, 0.5) is 22.7 Å². The van der Waals surface area contributed by atoms with Gasteiger partial charge in [0.05, 0.1) is 4.92 Å². The molecule has 0 spiro atoms. The first kappa shape index (κ1) is 16.2. The highest BCUT2D eigenvalue weighted by Gasteiger charge is 2.15. The summed E-state index contributed by atoms with van der Waals surface area (Å²) in [6.45, 7) is 2.13. The lowest BCUT2D eigenvalue weighted by Gasteiger charge is -2.09. The summed E-state index contributed by atoms with van der Waals surface area (Å²) in [7, 11) is 0. The van der Waals surface area contributed by atoms with Gasteiger partial charge < -0.3 is 11.1 Å². The monoisotopic (exact) mass is 317 g/mol. The molecule has 2 rings (SSSR count). The van der Waals surface area contributed by atoms with Crippen LogP contribution in [-0.4, -0.2) is 10.7 Å². The molecule has 5 nitrogen and oxygen atoms in total. The molecule has 0 heterocycles. The van der Waals surface area contributed by atoms with Gasteiger partial charge in [-0.1, -0.05) is 13.3 Å². The second-order valence-corrected chi connectivity index (χ2v) is 6.05. The van der Waals surface area contributed by atoms with Crippen LogP contribution in [0.2, 0.25) is 0 Å². The molecule has 0 saturated carbocycles. The van der Waals surface area contributed by atoms with Crippen LogP contribution in [0.3, 0.4) is 0 Å². The highest BCUT2D eigenvalue weighted by molar-refractivity contribution is 7.99. The first-order valence-electron chi connectivity index (χ1n) is 7.14. The Bertz CT molecular complexity index is 644. The molecule has 2 aromatic carbocycles. The number of nitrogens with zero attached hydrogens (tertiary/aromatic N) is 1. The van der Waals surface area contributed by atoms with Gasteiger partial charge in [0, 0.05) is 22.3 Å². The summed E-state index contributed by atoms with van der Waals surface area (Å²) in [5.74, 6) is 0.971. The number of nitro groups is 1. The van der Waals surface area contributed by atoms with Gasteiger partial charge in [-0.2, -0.15) is 0 Å². The van der Waals surface area contributed by atoms with E-state index in [-0.39, 0.29) is 10.6 Å². The average molecular weight is 317 g/mol. The number of nitrogens with two attached hydrogens (primary N) is 1. The molecule has 0 saturated heterocycles. The zero-order valence-electron chi connectivity index (χ0n) is 12.4. The fourth-order valence-corrected chi connectivity index (χ4v) is 2.94. The van der Waals surface area contributed by atoms with E-state index in [1.807, 2.05) is 6.07 Å². The molecule has 0 fully saturated rings. The number of nitro benzene ring substituents is 1. The Morgan fingerprint density at radius 3 is 2.59 bits per heavy atom. The van der Waals surface area contributed by atoms with Gasteiger partial charge in [0.25, 0.3) is 5.69 Å². The van der Waals surface area contributed by atoms with Crippen molar-refractivity contribution >= 4 is 34.5 Å². The normalized spacial score (nSPS) is 10.4. The largest absolute Gasteiger partial charge is 0.399 e. The summed E-state index contributed by atoms with van der Waals surface area (Å²) >= 11 is 1.64. The van der Waals surface area contributed by atoms with Crippen LogP contribution in [0, 0.1) is 10.1 Å². The molecule has 22 heavy (non-hydrogen) atoms. The van der Waals surface area contributed by atoms with E-state index in [0.717, 1.165) is 29.2 Å². The fraction of sp³-hybridized carbons (Fsp3) is 0.250. The molecule has 6 heteroatoms. The van der Waals surface area contributed by atoms with E-state index < -0.39 is 0 Å². The third-order valence-corrected chi connectivity index (χ3v) is 4.20. The summed E-state index contributed by atoms with van der Waals surface area (Å²) in [4.78, 5) is 11.8. The van der Waals surface area contributed by atoms with Crippen molar-refractivity contribution in [1.29, 1.82) is 0 Å². The van der Waals surface area contributed by atoms with E-state index in [1.54, 1.807) is 48.2 Å². The Labute approximate surface area is 134 Å². The standard InChI is InChI=1S/C16H19N3O2S/c1-2-3-10-22-14-8-9-15(16(11-14)19(20)21)18-13-6-4-12(17)5-7-13/h4-9,11,18H,2-3,10,17H2,1H3. The molecule has 0 atom stereocenters. The molecule has 0 unspecified atom stereocenters. The zero-order chi connectivity index (χ0) is 15.9. The highest BCUT2D eigenvalue weighted by atomic mass is 32.2.